The Morgan fingerprint density at radius 3 is 2.23 bits per heavy atom. The molecule has 0 atom stereocenters. The van der Waals surface area contributed by atoms with Gasteiger partial charge in [0.1, 0.15) is 0 Å². The summed E-state index contributed by atoms with van der Waals surface area (Å²) >= 11 is 0. The van der Waals surface area contributed by atoms with Gasteiger partial charge in [0.15, 0.2) is 0 Å². The molecule has 0 aliphatic rings. The number of aryl methyl sites for hydroxylation is 1. The molecule has 0 saturated heterocycles. The lowest BCUT2D eigenvalue weighted by Gasteiger charge is -2.23. The molecule has 1 amide bonds. The van der Waals surface area contributed by atoms with E-state index in [1.54, 1.807) is 6.92 Å². The summed E-state index contributed by atoms with van der Waals surface area (Å²) in [6, 6.07) is 20.5. The maximum Gasteiger partial charge on any atom is 0.338 e. The van der Waals surface area contributed by atoms with Crippen molar-refractivity contribution in [3.05, 3.63) is 105 Å². The first kappa shape index (κ1) is 21.7. The van der Waals surface area contributed by atoms with E-state index >= 15 is 0 Å². The van der Waals surface area contributed by atoms with Crippen molar-refractivity contribution in [3.8, 4) is 0 Å². The number of benzene rings is 3. The number of anilines is 1. The van der Waals surface area contributed by atoms with Crippen molar-refractivity contribution in [2.75, 3.05) is 11.5 Å². The van der Waals surface area contributed by atoms with Crippen molar-refractivity contribution in [2.24, 2.45) is 0 Å². The highest BCUT2D eigenvalue weighted by Crippen LogP contribution is 2.24. The molecule has 0 fully saturated rings. The van der Waals surface area contributed by atoms with Gasteiger partial charge in [-0.2, -0.15) is 0 Å². The molecule has 31 heavy (non-hydrogen) atoms. The highest BCUT2D eigenvalue weighted by Gasteiger charge is 2.23. The highest BCUT2D eigenvalue weighted by atomic mass is 16.6. The molecule has 3 aromatic rings. The first-order valence-electron chi connectivity index (χ1n) is 9.78. The van der Waals surface area contributed by atoms with Crippen LogP contribution in [0.5, 0.6) is 0 Å². The zero-order valence-electron chi connectivity index (χ0n) is 17.3. The first-order chi connectivity index (χ1) is 14.9. The molecule has 7 heteroatoms. The number of nitro groups is 1. The Hall–Kier alpha value is -4.00. The van der Waals surface area contributed by atoms with Gasteiger partial charge in [0.05, 0.1) is 23.6 Å². The standard InChI is InChI=1S/C24H22N2O5/c1-3-31-24(28)20-13-19(14-22(15-20)26(29)30)23(27)25(16-18-7-5-4-6-8-18)21-11-9-17(2)10-12-21/h4-15H,3,16H2,1-2H3. The monoisotopic (exact) mass is 418 g/mol. The summed E-state index contributed by atoms with van der Waals surface area (Å²) in [6.07, 6.45) is 0. The molecular weight excluding hydrogens is 396 g/mol. The molecule has 3 rings (SSSR count). The summed E-state index contributed by atoms with van der Waals surface area (Å²) in [5.74, 6) is -1.17. The second-order valence-electron chi connectivity index (χ2n) is 6.96. The van der Waals surface area contributed by atoms with Crippen molar-refractivity contribution < 1.29 is 19.2 Å². The topological polar surface area (TPSA) is 89.8 Å². The quantitative estimate of drug-likeness (QED) is 0.308. The van der Waals surface area contributed by atoms with E-state index in [-0.39, 0.29) is 30.0 Å². The van der Waals surface area contributed by atoms with Crippen molar-refractivity contribution in [2.45, 2.75) is 20.4 Å². The molecule has 0 bridgehead atoms. The van der Waals surface area contributed by atoms with Crippen LogP contribution in [0.15, 0.2) is 72.8 Å². The van der Waals surface area contributed by atoms with Gasteiger partial charge in [-0.25, -0.2) is 4.79 Å². The van der Waals surface area contributed by atoms with Gasteiger partial charge in [-0.1, -0.05) is 48.0 Å². The lowest BCUT2D eigenvalue weighted by atomic mass is 10.1. The van der Waals surface area contributed by atoms with E-state index in [2.05, 4.69) is 0 Å². The molecule has 7 nitrogen and oxygen atoms in total. The molecule has 0 N–H and O–H groups in total. The Balaban J connectivity index is 2.06. The molecular formula is C24H22N2O5. The summed E-state index contributed by atoms with van der Waals surface area (Å²) in [5, 5.41) is 11.4. The Labute approximate surface area is 180 Å². The van der Waals surface area contributed by atoms with Crippen molar-refractivity contribution in [1.29, 1.82) is 0 Å². The van der Waals surface area contributed by atoms with Gasteiger partial charge in [0, 0.05) is 23.4 Å². The van der Waals surface area contributed by atoms with Crippen LogP contribution in [0.1, 0.15) is 38.8 Å². The van der Waals surface area contributed by atoms with Gasteiger partial charge in [-0.3, -0.25) is 14.9 Å². The summed E-state index contributed by atoms with van der Waals surface area (Å²) in [7, 11) is 0. The normalized spacial score (nSPS) is 10.4. The Bertz CT molecular complexity index is 1090. The third-order valence-corrected chi connectivity index (χ3v) is 4.66. The van der Waals surface area contributed by atoms with E-state index in [0.717, 1.165) is 17.2 Å². The van der Waals surface area contributed by atoms with Crippen molar-refractivity contribution in [3.63, 3.8) is 0 Å². The average molecular weight is 418 g/mol. The average Bonchev–Trinajstić information content (AvgIpc) is 2.78. The predicted octanol–water partition coefficient (Wildman–Crippen LogP) is 4.93. The van der Waals surface area contributed by atoms with Gasteiger partial charge in [0.2, 0.25) is 0 Å². The molecule has 0 aliphatic carbocycles. The largest absolute Gasteiger partial charge is 0.462 e. The number of carbonyl (C=O) groups is 2. The minimum atomic E-state index is -0.717. The predicted molar refractivity (Wildman–Crippen MR) is 117 cm³/mol. The molecule has 0 spiro atoms. The molecule has 0 aliphatic heterocycles. The smallest absolute Gasteiger partial charge is 0.338 e. The maximum absolute atomic E-state index is 13.5. The number of hydrogen-bond acceptors (Lipinski definition) is 5. The number of hydrogen-bond donors (Lipinski definition) is 0. The molecule has 0 aromatic heterocycles. The second kappa shape index (κ2) is 9.67. The van der Waals surface area contributed by atoms with Gasteiger partial charge in [-0.05, 0) is 37.6 Å². The number of rotatable bonds is 7. The lowest BCUT2D eigenvalue weighted by Crippen LogP contribution is -2.30. The molecule has 0 heterocycles. The van der Waals surface area contributed by atoms with Crippen molar-refractivity contribution in [1.82, 2.24) is 0 Å². The van der Waals surface area contributed by atoms with E-state index in [4.69, 9.17) is 4.74 Å². The Morgan fingerprint density at radius 1 is 0.968 bits per heavy atom. The van der Waals surface area contributed by atoms with Gasteiger partial charge >= 0.3 is 5.97 Å². The van der Waals surface area contributed by atoms with Crippen LogP contribution in [-0.4, -0.2) is 23.4 Å². The molecule has 158 valence electrons. The van der Waals surface area contributed by atoms with Gasteiger partial charge in [-0.15, -0.1) is 0 Å². The minimum absolute atomic E-state index is 0.0359. The zero-order chi connectivity index (χ0) is 22.4. The number of non-ortho nitro benzene ring substituents is 1. The third kappa shape index (κ3) is 5.33. The summed E-state index contributed by atoms with van der Waals surface area (Å²) in [5.41, 5.74) is 2.22. The fourth-order valence-corrected chi connectivity index (χ4v) is 3.10. The molecule has 0 unspecified atom stereocenters. The Kier molecular flexibility index (Phi) is 6.77. The lowest BCUT2D eigenvalue weighted by molar-refractivity contribution is -0.384. The molecule has 3 aromatic carbocycles. The van der Waals surface area contributed by atoms with Gasteiger partial charge in [0.25, 0.3) is 11.6 Å². The second-order valence-corrected chi connectivity index (χ2v) is 6.96. The fraction of sp³-hybridized carbons (Fsp3) is 0.167. The van der Waals surface area contributed by atoms with E-state index < -0.39 is 16.8 Å². The first-order valence-corrected chi connectivity index (χ1v) is 9.78. The zero-order valence-corrected chi connectivity index (χ0v) is 17.3. The number of nitrogens with zero attached hydrogens (tertiary/aromatic N) is 2. The SMILES string of the molecule is CCOC(=O)c1cc(C(=O)N(Cc2ccccc2)c2ccc(C)cc2)cc([N+](=O)[O-])c1. The van der Waals surface area contributed by atoms with Crippen LogP contribution in [0.2, 0.25) is 0 Å². The highest BCUT2D eigenvalue weighted by molar-refractivity contribution is 6.07. The summed E-state index contributed by atoms with van der Waals surface area (Å²) in [6.45, 7) is 3.97. The minimum Gasteiger partial charge on any atom is -0.462 e. The van der Waals surface area contributed by atoms with Gasteiger partial charge < -0.3 is 9.64 Å². The number of carbonyl (C=O) groups excluding carboxylic acids is 2. The van der Waals surface area contributed by atoms with Crippen LogP contribution >= 0.6 is 0 Å². The van der Waals surface area contributed by atoms with Crippen LogP contribution in [0.4, 0.5) is 11.4 Å². The van der Waals surface area contributed by atoms with E-state index in [9.17, 15) is 19.7 Å². The van der Waals surface area contributed by atoms with E-state index in [1.165, 1.54) is 17.0 Å². The number of esters is 1. The molecule has 0 saturated carbocycles. The fourth-order valence-electron chi connectivity index (χ4n) is 3.10. The van der Waals surface area contributed by atoms with Crippen LogP contribution in [0.3, 0.4) is 0 Å². The van der Waals surface area contributed by atoms with E-state index in [1.807, 2.05) is 61.5 Å². The van der Waals surface area contributed by atoms with Crippen LogP contribution < -0.4 is 4.90 Å². The van der Waals surface area contributed by atoms with Crippen molar-refractivity contribution >= 4 is 23.3 Å². The number of nitro benzene ring substituents is 1. The summed E-state index contributed by atoms with van der Waals surface area (Å²) < 4.78 is 4.96. The number of amides is 1. The Morgan fingerprint density at radius 2 is 1.61 bits per heavy atom. The van der Waals surface area contributed by atoms with E-state index in [0.29, 0.717) is 5.69 Å². The molecule has 0 radical (unpaired) electrons. The van der Waals surface area contributed by atoms with Crippen LogP contribution in [0, 0.1) is 17.0 Å². The summed E-state index contributed by atoms with van der Waals surface area (Å²) in [4.78, 5) is 38.0. The maximum atomic E-state index is 13.5. The third-order valence-electron chi connectivity index (χ3n) is 4.66. The van der Waals surface area contributed by atoms with Crippen LogP contribution in [0.25, 0.3) is 0 Å². The number of ether oxygens (including phenoxy) is 1. The van der Waals surface area contributed by atoms with Crippen LogP contribution in [-0.2, 0) is 11.3 Å².